The van der Waals surface area contributed by atoms with Gasteiger partial charge in [0.25, 0.3) is 5.91 Å². The molecule has 5 nitrogen and oxygen atoms in total. The molecule has 1 unspecified atom stereocenters. The van der Waals surface area contributed by atoms with E-state index in [1.54, 1.807) is 41.7 Å². The van der Waals surface area contributed by atoms with E-state index in [0.717, 1.165) is 39.9 Å². The predicted molar refractivity (Wildman–Crippen MR) is 120 cm³/mol. The molecule has 2 aliphatic rings. The van der Waals surface area contributed by atoms with Crippen molar-refractivity contribution in [1.82, 2.24) is 5.32 Å². The number of carbonyl (C=O) groups is 2. The molecule has 0 fully saturated rings. The number of esters is 1. The minimum atomic E-state index is -0.415. The lowest BCUT2D eigenvalue weighted by Gasteiger charge is -2.27. The van der Waals surface area contributed by atoms with Crippen LogP contribution >= 0.6 is 27.3 Å². The van der Waals surface area contributed by atoms with Gasteiger partial charge in [0.15, 0.2) is 0 Å². The highest BCUT2D eigenvalue weighted by atomic mass is 79.9. The van der Waals surface area contributed by atoms with Crippen molar-refractivity contribution >= 4 is 44.1 Å². The molecule has 3 aromatic rings. The summed E-state index contributed by atoms with van der Waals surface area (Å²) in [6, 6.07) is 14.3. The third-order valence-electron chi connectivity index (χ3n) is 5.43. The molecule has 1 aliphatic carbocycles. The Kier molecular flexibility index (Phi) is 5.08. The van der Waals surface area contributed by atoms with Gasteiger partial charge >= 0.3 is 5.97 Å². The van der Waals surface area contributed by atoms with E-state index in [2.05, 4.69) is 26.6 Å². The molecule has 0 saturated carbocycles. The first-order chi connectivity index (χ1) is 14.6. The molecule has 5 rings (SSSR count). The first-order valence-electron chi connectivity index (χ1n) is 9.88. The lowest BCUT2D eigenvalue weighted by Crippen LogP contribution is -2.38. The second kappa shape index (κ2) is 7.89. The summed E-state index contributed by atoms with van der Waals surface area (Å²) in [6.07, 6.45) is 4.08. The van der Waals surface area contributed by atoms with Gasteiger partial charge in [-0.1, -0.05) is 34.1 Å². The molecule has 2 heterocycles. The van der Waals surface area contributed by atoms with Crippen LogP contribution in [0.25, 0.3) is 0 Å². The first kappa shape index (κ1) is 19.3. The summed E-state index contributed by atoms with van der Waals surface area (Å²) in [6.45, 7) is 0. The third kappa shape index (κ3) is 3.63. The molecule has 7 heteroatoms. The molecule has 2 N–H and O–H groups in total. The number of thiophene rings is 1. The summed E-state index contributed by atoms with van der Waals surface area (Å²) in [7, 11) is 0. The number of ether oxygens (including phenoxy) is 1. The van der Waals surface area contributed by atoms with Gasteiger partial charge < -0.3 is 15.4 Å². The van der Waals surface area contributed by atoms with Crippen molar-refractivity contribution in [2.75, 3.05) is 5.32 Å². The van der Waals surface area contributed by atoms with Gasteiger partial charge in [0.05, 0.1) is 11.1 Å². The summed E-state index contributed by atoms with van der Waals surface area (Å²) >= 11 is 5.06. The quantitative estimate of drug-likeness (QED) is 0.384. The van der Waals surface area contributed by atoms with Crippen LogP contribution < -0.4 is 15.4 Å². The van der Waals surface area contributed by atoms with Crippen molar-refractivity contribution < 1.29 is 14.3 Å². The summed E-state index contributed by atoms with van der Waals surface area (Å²) in [4.78, 5) is 26.4. The molecular weight excluding hydrogens is 464 g/mol. The first-order valence-corrected chi connectivity index (χ1v) is 11.5. The number of amides is 1. The lowest BCUT2D eigenvalue weighted by molar-refractivity contribution is 0.0734. The molecule has 1 atom stereocenters. The van der Waals surface area contributed by atoms with Crippen LogP contribution in [0.3, 0.4) is 0 Å². The Bertz CT molecular complexity index is 1140. The number of hydrogen-bond acceptors (Lipinski definition) is 5. The van der Waals surface area contributed by atoms with Crippen LogP contribution in [0.2, 0.25) is 0 Å². The van der Waals surface area contributed by atoms with Crippen LogP contribution in [0.15, 0.2) is 53.0 Å². The van der Waals surface area contributed by atoms with Gasteiger partial charge in [0.2, 0.25) is 0 Å². The smallest absolute Gasteiger partial charge is 0.343 e. The normalized spacial score (nSPS) is 17.4. The topological polar surface area (TPSA) is 67.4 Å². The minimum absolute atomic E-state index is 0.0155. The summed E-state index contributed by atoms with van der Waals surface area (Å²) in [5.41, 5.74) is 3.43. The van der Waals surface area contributed by atoms with Gasteiger partial charge in [0.1, 0.15) is 16.9 Å². The second-order valence-electron chi connectivity index (χ2n) is 7.43. The van der Waals surface area contributed by atoms with Crippen molar-refractivity contribution in [1.29, 1.82) is 0 Å². The van der Waals surface area contributed by atoms with Crippen molar-refractivity contribution in [3.05, 3.63) is 80.1 Å². The number of halogens is 1. The Balaban J connectivity index is 1.32. The van der Waals surface area contributed by atoms with E-state index in [9.17, 15) is 9.59 Å². The highest BCUT2D eigenvalue weighted by molar-refractivity contribution is 9.10. The number of rotatable bonds is 3. The molecule has 0 bridgehead atoms. The minimum Gasteiger partial charge on any atom is -0.423 e. The van der Waals surface area contributed by atoms with Gasteiger partial charge in [-0.05, 0) is 67.1 Å². The molecule has 30 heavy (non-hydrogen) atoms. The molecule has 0 saturated heterocycles. The van der Waals surface area contributed by atoms with E-state index in [1.807, 2.05) is 18.2 Å². The number of fused-ring (bicyclic) bond motifs is 3. The van der Waals surface area contributed by atoms with Crippen LogP contribution in [0, 0.1) is 0 Å². The summed E-state index contributed by atoms with van der Waals surface area (Å²) < 4.78 is 6.29. The number of anilines is 1. The Morgan fingerprint density at radius 3 is 2.67 bits per heavy atom. The maximum atomic E-state index is 12.8. The van der Waals surface area contributed by atoms with Crippen molar-refractivity contribution in [3.8, 4) is 5.75 Å². The highest BCUT2D eigenvalue weighted by Crippen LogP contribution is 2.41. The van der Waals surface area contributed by atoms with E-state index in [1.165, 1.54) is 16.9 Å². The van der Waals surface area contributed by atoms with Crippen LogP contribution in [-0.4, -0.2) is 11.9 Å². The Labute approximate surface area is 186 Å². The molecule has 0 spiro atoms. The molecular formula is C23H19BrN2O3S. The van der Waals surface area contributed by atoms with Crippen molar-refractivity contribution in [3.63, 3.8) is 0 Å². The van der Waals surface area contributed by atoms with Gasteiger partial charge in [-0.3, -0.25) is 4.79 Å². The fourth-order valence-corrected chi connectivity index (χ4v) is 5.67. The fourth-order valence-electron chi connectivity index (χ4n) is 3.95. The molecule has 0 radical (unpaired) electrons. The van der Waals surface area contributed by atoms with Gasteiger partial charge in [-0.25, -0.2) is 4.79 Å². The maximum Gasteiger partial charge on any atom is 0.343 e. The zero-order valence-electron chi connectivity index (χ0n) is 16.0. The standard InChI is InChI=1S/C23H19BrN2O3S/c24-15-5-3-4-14(12-15)23(28)29-16-10-8-13(9-11-16)20-25-21(27)19-17-6-1-2-7-18(17)30-22(19)26-20/h3-5,8-12,20,26H,1-2,6-7H2,(H,25,27). The van der Waals surface area contributed by atoms with E-state index in [4.69, 9.17) is 4.74 Å². The maximum absolute atomic E-state index is 12.8. The Morgan fingerprint density at radius 2 is 1.87 bits per heavy atom. The fraction of sp³-hybridized carbons (Fsp3) is 0.217. The highest BCUT2D eigenvalue weighted by Gasteiger charge is 2.31. The zero-order chi connectivity index (χ0) is 20.7. The van der Waals surface area contributed by atoms with E-state index in [0.29, 0.717) is 11.3 Å². The predicted octanol–water partition coefficient (Wildman–Crippen LogP) is 5.46. The average Bonchev–Trinajstić information content (AvgIpc) is 3.13. The van der Waals surface area contributed by atoms with Gasteiger partial charge in [-0.15, -0.1) is 11.3 Å². The number of nitrogens with one attached hydrogen (secondary N) is 2. The van der Waals surface area contributed by atoms with E-state index in [-0.39, 0.29) is 12.1 Å². The molecule has 1 amide bonds. The van der Waals surface area contributed by atoms with Gasteiger partial charge in [-0.2, -0.15) is 0 Å². The Morgan fingerprint density at radius 1 is 1.07 bits per heavy atom. The molecule has 2 aromatic carbocycles. The van der Waals surface area contributed by atoms with E-state index >= 15 is 0 Å². The molecule has 152 valence electrons. The third-order valence-corrected chi connectivity index (χ3v) is 7.15. The SMILES string of the molecule is O=C(Oc1ccc(C2NC(=O)c3c(sc4c3CCCC4)N2)cc1)c1cccc(Br)c1. The van der Waals surface area contributed by atoms with E-state index < -0.39 is 5.97 Å². The number of aryl methyl sites for hydroxylation is 1. The number of benzene rings is 2. The molecule has 1 aromatic heterocycles. The van der Waals surface area contributed by atoms with Gasteiger partial charge in [0, 0.05) is 9.35 Å². The summed E-state index contributed by atoms with van der Waals surface area (Å²) in [5.74, 6) is 0.0263. The van der Waals surface area contributed by atoms with Crippen molar-refractivity contribution in [2.24, 2.45) is 0 Å². The second-order valence-corrected chi connectivity index (χ2v) is 9.46. The zero-order valence-corrected chi connectivity index (χ0v) is 18.4. The van der Waals surface area contributed by atoms with Crippen LogP contribution in [0.5, 0.6) is 5.75 Å². The van der Waals surface area contributed by atoms with Crippen molar-refractivity contribution in [2.45, 2.75) is 31.8 Å². The lowest BCUT2D eigenvalue weighted by atomic mass is 9.94. The number of carbonyl (C=O) groups excluding carboxylic acids is 2. The largest absolute Gasteiger partial charge is 0.423 e. The molecule has 1 aliphatic heterocycles. The monoisotopic (exact) mass is 482 g/mol. The average molecular weight is 483 g/mol. The number of hydrogen-bond donors (Lipinski definition) is 2. The van der Waals surface area contributed by atoms with Crippen LogP contribution in [-0.2, 0) is 12.8 Å². The summed E-state index contributed by atoms with van der Waals surface area (Å²) in [5, 5.41) is 7.49. The van der Waals surface area contributed by atoms with Crippen LogP contribution in [0.4, 0.5) is 5.00 Å². The van der Waals surface area contributed by atoms with Crippen LogP contribution in [0.1, 0.15) is 55.7 Å². The Hall–Kier alpha value is -2.64.